The maximum Gasteiger partial charge on any atom is 0.149 e. The second kappa shape index (κ2) is 5.56. The topological polar surface area (TPSA) is 15.3 Å². The summed E-state index contributed by atoms with van der Waals surface area (Å²) in [4.78, 5) is 1.87. The Morgan fingerprint density at radius 2 is 1.90 bits per heavy atom. The number of hydrogen-bond acceptors (Lipinski definition) is 2. The molecule has 0 radical (unpaired) electrons. The van der Waals surface area contributed by atoms with Gasteiger partial charge in [-0.15, -0.1) is 0 Å². The molecule has 1 saturated carbocycles. The van der Waals surface area contributed by atoms with E-state index in [9.17, 15) is 8.78 Å². The Hall–Kier alpha value is -1.16. The predicted molar refractivity (Wildman–Crippen MR) is 81.4 cm³/mol. The molecule has 1 aromatic rings. The molecule has 0 spiro atoms. The van der Waals surface area contributed by atoms with Gasteiger partial charge in [0.2, 0.25) is 0 Å². The lowest BCUT2D eigenvalue weighted by molar-refractivity contribution is 0.290. The third-order valence-electron chi connectivity index (χ3n) is 4.47. The van der Waals surface area contributed by atoms with Gasteiger partial charge < -0.3 is 10.2 Å². The number of piperidine rings is 1. The van der Waals surface area contributed by atoms with Gasteiger partial charge in [0.15, 0.2) is 0 Å². The van der Waals surface area contributed by atoms with Crippen molar-refractivity contribution in [2.24, 2.45) is 5.41 Å². The minimum Gasteiger partial charge on any atom is -0.366 e. The van der Waals surface area contributed by atoms with Crippen molar-refractivity contribution in [2.75, 3.05) is 18.0 Å². The van der Waals surface area contributed by atoms with Gasteiger partial charge in [0.25, 0.3) is 0 Å². The number of benzene rings is 1. The van der Waals surface area contributed by atoms with E-state index in [0.717, 1.165) is 19.4 Å². The standard InChI is InChI=1S/C17H24F2N2/c1-17(2)6-3-7-21(11-17)16-14(18)8-12(9-15(16)19)10-20-13-4-5-13/h8-9,13,20H,3-7,10-11H2,1-2H3. The van der Waals surface area contributed by atoms with E-state index < -0.39 is 11.6 Å². The van der Waals surface area contributed by atoms with Crippen LogP contribution in [0.2, 0.25) is 0 Å². The number of halogens is 2. The lowest BCUT2D eigenvalue weighted by atomic mass is 9.84. The first-order chi connectivity index (χ1) is 9.94. The van der Waals surface area contributed by atoms with Gasteiger partial charge in [-0.05, 0) is 48.8 Å². The van der Waals surface area contributed by atoms with E-state index in [2.05, 4.69) is 19.2 Å². The largest absolute Gasteiger partial charge is 0.366 e. The van der Waals surface area contributed by atoms with Crippen LogP contribution < -0.4 is 10.2 Å². The van der Waals surface area contributed by atoms with Crippen molar-refractivity contribution in [2.45, 2.75) is 52.1 Å². The zero-order valence-corrected chi connectivity index (χ0v) is 12.9. The van der Waals surface area contributed by atoms with Crippen molar-refractivity contribution >= 4 is 5.69 Å². The van der Waals surface area contributed by atoms with Crippen molar-refractivity contribution in [1.29, 1.82) is 0 Å². The first kappa shape index (κ1) is 14.8. The van der Waals surface area contributed by atoms with Gasteiger partial charge in [-0.25, -0.2) is 8.78 Å². The Morgan fingerprint density at radius 1 is 1.24 bits per heavy atom. The summed E-state index contributed by atoms with van der Waals surface area (Å²) < 4.78 is 28.8. The summed E-state index contributed by atoms with van der Waals surface area (Å²) in [7, 11) is 0. The molecule has 4 heteroatoms. The zero-order chi connectivity index (χ0) is 15.0. The second-order valence-corrected chi connectivity index (χ2v) is 7.25. The Kier molecular flexibility index (Phi) is 3.91. The summed E-state index contributed by atoms with van der Waals surface area (Å²) in [5, 5.41) is 3.29. The Bertz CT molecular complexity index is 501. The fraction of sp³-hybridized carbons (Fsp3) is 0.647. The Labute approximate surface area is 125 Å². The van der Waals surface area contributed by atoms with E-state index in [1.165, 1.54) is 25.0 Å². The molecule has 2 nitrogen and oxygen atoms in total. The summed E-state index contributed by atoms with van der Waals surface area (Å²) in [5.41, 5.74) is 0.957. The highest BCUT2D eigenvalue weighted by Gasteiger charge is 2.29. The lowest BCUT2D eigenvalue weighted by Crippen LogP contribution is -2.41. The molecular weight excluding hydrogens is 270 g/mol. The monoisotopic (exact) mass is 294 g/mol. The van der Waals surface area contributed by atoms with Crippen molar-refractivity contribution in [1.82, 2.24) is 5.32 Å². The first-order valence-electron chi connectivity index (χ1n) is 7.91. The number of hydrogen-bond donors (Lipinski definition) is 1. The van der Waals surface area contributed by atoms with Crippen LogP contribution in [0.15, 0.2) is 12.1 Å². The van der Waals surface area contributed by atoms with Crippen LogP contribution in [0.3, 0.4) is 0 Å². The fourth-order valence-corrected chi connectivity index (χ4v) is 3.19. The van der Waals surface area contributed by atoms with E-state index >= 15 is 0 Å². The van der Waals surface area contributed by atoms with Gasteiger partial charge in [0, 0.05) is 25.7 Å². The summed E-state index contributed by atoms with van der Waals surface area (Å²) >= 11 is 0. The van der Waals surface area contributed by atoms with Gasteiger partial charge in [-0.3, -0.25) is 0 Å². The summed E-state index contributed by atoms with van der Waals surface area (Å²) in [6.07, 6.45) is 4.44. The Balaban J connectivity index is 1.78. The van der Waals surface area contributed by atoms with E-state index in [4.69, 9.17) is 0 Å². The van der Waals surface area contributed by atoms with Crippen LogP contribution in [-0.2, 0) is 6.54 Å². The van der Waals surface area contributed by atoms with E-state index in [1.807, 2.05) is 4.90 Å². The van der Waals surface area contributed by atoms with Gasteiger partial charge >= 0.3 is 0 Å². The molecule has 1 aliphatic carbocycles. The predicted octanol–water partition coefficient (Wildman–Crippen LogP) is 3.84. The molecular formula is C17H24F2N2. The molecule has 2 fully saturated rings. The Morgan fingerprint density at radius 3 is 2.48 bits per heavy atom. The molecule has 116 valence electrons. The van der Waals surface area contributed by atoms with Gasteiger partial charge in [-0.2, -0.15) is 0 Å². The number of nitrogens with zero attached hydrogens (tertiary/aromatic N) is 1. The average Bonchev–Trinajstić information content (AvgIpc) is 3.18. The molecule has 1 saturated heterocycles. The van der Waals surface area contributed by atoms with Gasteiger partial charge in [0.1, 0.15) is 17.3 Å². The maximum atomic E-state index is 14.4. The highest BCUT2D eigenvalue weighted by Crippen LogP contribution is 2.34. The van der Waals surface area contributed by atoms with Gasteiger partial charge in [-0.1, -0.05) is 13.8 Å². The molecule has 0 bridgehead atoms. The first-order valence-corrected chi connectivity index (χ1v) is 7.91. The van der Waals surface area contributed by atoms with Gasteiger partial charge in [0.05, 0.1) is 0 Å². The minimum atomic E-state index is -0.430. The molecule has 0 atom stereocenters. The zero-order valence-electron chi connectivity index (χ0n) is 12.9. The third kappa shape index (κ3) is 3.54. The van der Waals surface area contributed by atoms with Crippen LogP contribution >= 0.6 is 0 Å². The average molecular weight is 294 g/mol. The van der Waals surface area contributed by atoms with Crippen LogP contribution in [0.4, 0.5) is 14.5 Å². The van der Waals surface area contributed by atoms with Crippen molar-refractivity contribution in [3.63, 3.8) is 0 Å². The quantitative estimate of drug-likeness (QED) is 0.907. The van der Waals surface area contributed by atoms with Crippen molar-refractivity contribution in [3.05, 3.63) is 29.3 Å². The molecule has 1 aliphatic heterocycles. The molecule has 3 rings (SSSR count). The highest BCUT2D eigenvalue weighted by atomic mass is 19.1. The maximum absolute atomic E-state index is 14.4. The molecule has 1 N–H and O–H groups in total. The van der Waals surface area contributed by atoms with Crippen LogP contribution in [0.25, 0.3) is 0 Å². The molecule has 1 heterocycles. The minimum absolute atomic E-state index is 0.114. The van der Waals surface area contributed by atoms with Crippen LogP contribution in [-0.4, -0.2) is 19.1 Å². The van der Waals surface area contributed by atoms with E-state index in [-0.39, 0.29) is 11.1 Å². The van der Waals surface area contributed by atoms with Crippen LogP contribution in [0.1, 0.15) is 45.1 Å². The SMILES string of the molecule is CC1(C)CCCN(c2c(F)cc(CNC3CC3)cc2F)C1. The van der Waals surface area contributed by atoms with E-state index in [0.29, 0.717) is 24.7 Å². The number of rotatable bonds is 4. The summed E-state index contributed by atoms with van der Waals surface area (Å²) in [6, 6.07) is 3.50. The summed E-state index contributed by atoms with van der Waals surface area (Å²) in [6.45, 7) is 6.30. The van der Waals surface area contributed by atoms with Crippen LogP contribution in [0.5, 0.6) is 0 Å². The molecule has 0 unspecified atom stereocenters. The molecule has 0 amide bonds. The lowest BCUT2D eigenvalue weighted by Gasteiger charge is -2.39. The van der Waals surface area contributed by atoms with Crippen LogP contribution in [0, 0.1) is 17.0 Å². The van der Waals surface area contributed by atoms with Crippen molar-refractivity contribution < 1.29 is 8.78 Å². The second-order valence-electron chi connectivity index (χ2n) is 7.25. The van der Waals surface area contributed by atoms with E-state index in [1.54, 1.807) is 0 Å². The van der Waals surface area contributed by atoms with Crippen molar-refractivity contribution in [3.8, 4) is 0 Å². The number of anilines is 1. The summed E-state index contributed by atoms with van der Waals surface area (Å²) in [5.74, 6) is -0.861. The molecule has 2 aliphatic rings. The smallest absolute Gasteiger partial charge is 0.149 e. The normalized spacial score (nSPS) is 21.6. The third-order valence-corrected chi connectivity index (χ3v) is 4.47. The molecule has 21 heavy (non-hydrogen) atoms. The molecule has 1 aromatic carbocycles. The fourth-order valence-electron chi connectivity index (χ4n) is 3.19. The highest BCUT2D eigenvalue weighted by molar-refractivity contribution is 5.51. The molecule has 0 aromatic heterocycles. The number of nitrogens with one attached hydrogen (secondary N) is 1.